The van der Waals surface area contributed by atoms with Gasteiger partial charge in [-0.25, -0.2) is 0 Å². The second kappa shape index (κ2) is 6.01. The Morgan fingerprint density at radius 1 is 1.19 bits per heavy atom. The van der Waals surface area contributed by atoms with Gasteiger partial charge < -0.3 is 19.4 Å². The van der Waals surface area contributed by atoms with Gasteiger partial charge in [0.2, 0.25) is 11.8 Å². The number of likely N-dealkylation sites (tertiary alicyclic amines) is 1. The molecule has 1 atom stereocenters. The Morgan fingerprint density at radius 2 is 2.00 bits per heavy atom. The van der Waals surface area contributed by atoms with E-state index in [4.69, 9.17) is 9.15 Å². The van der Waals surface area contributed by atoms with Crippen LogP contribution in [-0.4, -0.2) is 36.4 Å². The lowest BCUT2D eigenvalue weighted by molar-refractivity contribution is -0.128. The number of anilines is 1. The van der Waals surface area contributed by atoms with Crippen LogP contribution in [0.2, 0.25) is 0 Å². The van der Waals surface area contributed by atoms with E-state index in [0.29, 0.717) is 29.6 Å². The van der Waals surface area contributed by atoms with Gasteiger partial charge in [-0.3, -0.25) is 9.59 Å². The van der Waals surface area contributed by atoms with E-state index in [1.807, 2.05) is 35.2 Å². The molecule has 1 aliphatic heterocycles. The van der Waals surface area contributed by atoms with Gasteiger partial charge in [0, 0.05) is 35.8 Å². The van der Waals surface area contributed by atoms with E-state index in [9.17, 15) is 9.59 Å². The summed E-state index contributed by atoms with van der Waals surface area (Å²) < 4.78 is 11.4. The van der Waals surface area contributed by atoms with Gasteiger partial charge in [-0.2, -0.15) is 0 Å². The Morgan fingerprint density at radius 3 is 2.78 bits per heavy atom. The van der Waals surface area contributed by atoms with Crippen molar-refractivity contribution in [3.63, 3.8) is 0 Å². The highest BCUT2D eigenvalue weighted by atomic mass is 16.5. The van der Waals surface area contributed by atoms with Gasteiger partial charge >= 0.3 is 0 Å². The standard InChI is InChI=1S/C21H20N2O4/c1-26-19-9-15-14-4-2-3-5-17(14)27-18(15)10-16(19)22-21(25)12-8-20(24)23(11-12)13-6-7-13/h2-5,9-10,12-13H,6-8,11H2,1H3,(H,22,25)/t12-/m0/s1. The molecule has 2 amide bonds. The number of rotatable bonds is 4. The second-order valence-corrected chi connectivity index (χ2v) is 7.31. The van der Waals surface area contributed by atoms with Crippen molar-refractivity contribution in [2.75, 3.05) is 19.0 Å². The number of ether oxygens (including phenoxy) is 1. The third kappa shape index (κ3) is 2.72. The average Bonchev–Trinajstić information content (AvgIpc) is 3.34. The molecule has 138 valence electrons. The Kier molecular flexibility index (Phi) is 3.60. The van der Waals surface area contributed by atoms with Crippen LogP contribution >= 0.6 is 0 Å². The lowest BCUT2D eigenvalue weighted by atomic mass is 10.1. The van der Waals surface area contributed by atoms with E-state index in [1.165, 1.54) is 0 Å². The van der Waals surface area contributed by atoms with Crippen molar-refractivity contribution >= 4 is 39.4 Å². The van der Waals surface area contributed by atoms with Crippen LogP contribution in [0.25, 0.3) is 21.9 Å². The summed E-state index contributed by atoms with van der Waals surface area (Å²) in [5, 5.41) is 4.88. The summed E-state index contributed by atoms with van der Waals surface area (Å²) in [5.41, 5.74) is 2.04. The molecule has 6 nitrogen and oxygen atoms in total. The fraction of sp³-hybridized carbons (Fsp3) is 0.333. The molecule has 1 aromatic heterocycles. The summed E-state index contributed by atoms with van der Waals surface area (Å²) in [6.07, 6.45) is 2.38. The van der Waals surface area contributed by atoms with Gasteiger partial charge in [0.05, 0.1) is 18.7 Å². The third-order valence-corrected chi connectivity index (χ3v) is 5.47. The highest BCUT2D eigenvalue weighted by Crippen LogP contribution is 2.37. The number of nitrogens with zero attached hydrogens (tertiary/aromatic N) is 1. The third-order valence-electron chi connectivity index (χ3n) is 5.47. The van der Waals surface area contributed by atoms with Crippen molar-refractivity contribution in [1.82, 2.24) is 4.90 Å². The van der Waals surface area contributed by atoms with Crippen LogP contribution < -0.4 is 10.1 Å². The lowest BCUT2D eigenvalue weighted by Gasteiger charge is -2.16. The van der Waals surface area contributed by atoms with Gasteiger partial charge in [-0.05, 0) is 25.0 Å². The van der Waals surface area contributed by atoms with Crippen molar-refractivity contribution in [1.29, 1.82) is 0 Å². The molecule has 1 N–H and O–H groups in total. The molecule has 2 heterocycles. The largest absolute Gasteiger partial charge is 0.495 e. The molecule has 2 fully saturated rings. The summed E-state index contributed by atoms with van der Waals surface area (Å²) in [7, 11) is 1.58. The average molecular weight is 364 g/mol. The number of carbonyl (C=O) groups is 2. The van der Waals surface area contributed by atoms with Crippen molar-refractivity contribution in [3.8, 4) is 5.75 Å². The number of hydrogen-bond donors (Lipinski definition) is 1. The van der Waals surface area contributed by atoms with Crippen LogP contribution in [0.15, 0.2) is 40.8 Å². The minimum absolute atomic E-state index is 0.0809. The minimum Gasteiger partial charge on any atom is -0.495 e. The summed E-state index contributed by atoms with van der Waals surface area (Å²) in [6, 6.07) is 11.8. The van der Waals surface area contributed by atoms with E-state index < -0.39 is 0 Å². The fourth-order valence-corrected chi connectivity index (χ4v) is 3.90. The van der Waals surface area contributed by atoms with E-state index in [0.717, 1.165) is 29.2 Å². The second-order valence-electron chi connectivity index (χ2n) is 7.31. The topological polar surface area (TPSA) is 71.8 Å². The van der Waals surface area contributed by atoms with Crippen LogP contribution in [0.3, 0.4) is 0 Å². The molecule has 5 rings (SSSR count). The number of nitrogens with one attached hydrogen (secondary N) is 1. The smallest absolute Gasteiger partial charge is 0.229 e. The first-order valence-electron chi connectivity index (χ1n) is 9.23. The Bertz CT molecular complexity index is 1070. The summed E-state index contributed by atoms with van der Waals surface area (Å²) in [5.74, 6) is 0.178. The van der Waals surface area contributed by atoms with Crippen molar-refractivity contribution in [2.45, 2.75) is 25.3 Å². The van der Waals surface area contributed by atoms with Crippen LogP contribution in [0.1, 0.15) is 19.3 Å². The molecule has 1 saturated carbocycles. The fourth-order valence-electron chi connectivity index (χ4n) is 3.90. The predicted octanol–water partition coefficient (Wildman–Crippen LogP) is 3.54. The number of furan rings is 1. The number of hydrogen-bond acceptors (Lipinski definition) is 4. The SMILES string of the molecule is COc1cc2c(cc1NC(=O)[C@H]1CC(=O)N(C3CC3)C1)oc1ccccc12. The maximum absolute atomic E-state index is 12.7. The van der Waals surface area contributed by atoms with E-state index >= 15 is 0 Å². The molecule has 0 spiro atoms. The van der Waals surface area contributed by atoms with Gasteiger partial charge in [-0.15, -0.1) is 0 Å². The van der Waals surface area contributed by atoms with Gasteiger partial charge in [-0.1, -0.05) is 18.2 Å². The maximum atomic E-state index is 12.7. The van der Waals surface area contributed by atoms with E-state index in [1.54, 1.807) is 13.2 Å². The van der Waals surface area contributed by atoms with Crippen LogP contribution in [0, 0.1) is 5.92 Å². The zero-order valence-electron chi connectivity index (χ0n) is 15.0. The van der Waals surface area contributed by atoms with Crippen molar-refractivity contribution in [2.24, 2.45) is 5.92 Å². The van der Waals surface area contributed by atoms with Gasteiger partial charge in [0.25, 0.3) is 0 Å². The number of para-hydroxylation sites is 1. The number of benzene rings is 2. The van der Waals surface area contributed by atoms with Crippen LogP contribution in [-0.2, 0) is 9.59 Å². The molecule has 27 heavy (non-hydrogen) atoms. The molecular weight excluding hydrogens is 344 g/mol. The van der Waals surface area contributed by atoms with E-state index in [2.05, 4.69) is 5.32 Å². The summed E-state index contributed by atoms with van der Waals surface area (Å²) in [4.78, 5) is 26.7. The molecule has 1 saturated heterocycles. The summed E-state index contributed by atoms with van der Waals surface area (Å²) >= 11 is 0. The molecule has 0 unspecified atom stereocenters. The number of carbonyl (C=O) groups excluding carboxylic acids is 2. The lowest BCUT2D eigenvalue weighted by Crippen LogP contribution is -2.29. The van der Waals surface area contributed by atoms with Crippen molar-refractivity contribution < 1.29 is 18.7 Å². The molecule has 6 heteroatoms. The molecule has 3 aromatic rings. The monoisotopic (exact) mass is 364 g/mol. The van der Waals surface area contributed by atoms with Crippen LogP contribution in [0.4, 0.5) is 5.69 Å². The van der Waals surface area contributed by atoms with Crippen molar-refractivity contribution in [3.05, 3.63) is 36.4 Å². The number of fused-ring (bicyclic) bond motifs is 3. The Hall–Kier alpha value is -3.02. The first kappa shape index (κ1) is 16.2. The first-order chi connectivity index (χ1) is 13.1. The molecule has 0 radical (unpaired) electrons. The summed E-state index contributed by atoms with van der Waals surface area (Å²) in [6.45, 7) is 0.504. The Labute approximate surface area is 156 Å². The molecule has 1 aliphatic carbocycles. The normalized spacial score (nSPS) is 19.8. The zero-order chi connectivity index (χ0) is 18.5. The molecule has 2 aliphatic rings. The highest BCUT2D eigenvalue weighted by Gasteiger charge is 2.41. The predicted molar refractivity (Wildman–Crippen MR) is 102 cm³/mol. The zero-order valence-corrected chi connectivity index (χ0v) is 15.0. The first-order valence-corrected chi connectivity index (χ1v) is 9.23. The van der Waals surface area contributed by atoms with Gasteiger partial charge in [0.15, 0.2) is 0 Å². The van der Waals surface area contributed by atoms with Crippen LogP contribution in [0.5, 0.6) is 5.75 Å². The molecular formula is C21H20N2O4. The number of methoxy groups -OCH3 is 1. The van der Waals surface area contributed by atoms with Gasteiger partial charge in [0.1, 0.15) is 16.9 Å². The van der Waals surface area contributed by atoms with E-state index in [-0.39, 0.29) is 24.2 Å². The molecule has 2 aromatic carbocycles. The quantitative estimate of drug-likeness (QED) is 0.769. The maximum Gasteiger partial charge on any atom is 0.229 e. The molecule has 0 bridgehead atoms. The Balaban J connectivity index is 1.44. The highest BCUT2D eigenvalue weighted by molar-refractivity contribution is 6.08. The minimum atomic E-state index is -0.325. The number of amides is 2.